The molecule has 0 aliphatic carbocycles. The van der Waals surface area contributed by atoms with Gasteiger partial charge < -0.3 is 10.4 Å². The Labute approximate surface area is 106 Å². The van der Waals surface area contributed by atoms with Crippen LogP contribution in [0.3, 0.4) is 0 Å². The number of phenols is 1. The molecular formula is C15H15NO2. The van der Waals surface area contributed by atoms with Gasteiger partial charge in [-0.15, -0.1) is 0 Å². The molecule has 0 fully saturated rings. The number of aromatic hydroxyl groups is 1. The van der Waals surface area contributed by atoms with Crippen LogP contribution >= 0.6 is 0 Å². The highest BCUT2D eigenvalue weighted by Gasteiger charge is 2.08. The van der Waals surface area contributed by atoms with Crippen molar-refractivity contribution in [3.05, 3.63) is 54.1 Å². The van der Waals surface area contributed by atoms with Gasteiger partial charge in [0.2, 0.25) is 0 Å². The van der Waals surface area contributed by atoms with Gasteiger partial charge in [-0.25, -0.2) is 0 Å². The van der Waals surface area contributed by atoms with Crippen LogP contribution in [0, 0.1) is 0 Å². The first-order chi connectivity index (χ1) is 8.70. The Morgan fingerprint density at radius 3 is 2.50 bits per heavy atom. The monoisotopic (exact) mass is 241 g/mol. The number of nitrogens with one attached hydrogen (secondary N) is 1. The molecule has 0 aliphatic heterocycles. The Morgan fingerprint density at radius 2 is 1.83 bits per heavy atom. The number of carbonyl (C=O) groups excluding carboxylic acids is 1. The quantitative estimate of drug-likeness (QED) is 0.868. The van der Waals surface area contributed by atoms with E-state index in [0.717, 1.165) is 11.1 Å². The molecule has 1 amide bonds. The minimum Gasteiger partial charge on any atom is -0.508 e. The normalized spacial score (nSPS) is 10.1. The second kappa shape index (κ2) is 5.36. The summed E-state index contributed by atoms with van der Waals surface area (Å²) in [6.07, 6.45) is 0. The molecule has 0 atom stereocenters. The van der Waals surface area contributed by atoms with Gasteiger partial charge in [-0.2, -0.15) is 0 Å². The molecule has 92 valence electrons. The van der Waals surface area contributed by atoms with Crippen LogP contribution in [0.15, 0.2) is 48.5 Å². The fourth-order valence-electron chi connectivity index (χ4n) is 1.80. The summed E-state index contributed by atoms with van der Waals surface area (Å²) in [7, 11) is 0. The lowest BCUT2D eigenvalue weighted by molar-refractivity contribution is 0.0955. The summed E-state index contributed by atoms with van der Waals surface area (Å²) < 4.78 is 0. The summed E-state index contributed by atoms with van der Waals surface area (Å²) in [4.78, 5) is 11.8. The first-order valence-corrected chi connectivity index (χ1v) is 5.88. The second-order valence-electron chi connectivity index (χ2n) is 3.99. The summed E-state index contributed by atoms with van der Waals surface area (Å²) >= 11 is 0. The summed E-state index contributed by atoms with van der Waals surface area (Å²) in [5, 5.41) is 12.4. The van der Waals surface area contributed by atoms with Crippen LogP contribution in [0.4, 0.5) is 0 Å². The maximum absolute atomic E-state index is 11.8. The van der Waals surface area contributed by atoms with Crippen molar-refractivity contribution in [2.24, 2.45) is 0 Å². The zero-order chi connectivity index (χ0) is 13.0. The molecule has 0 heterocycles. The van der Waals surface area contributed by atoms with E-state index in [0.29, 0.717) is 12.1 Å². The van der Waals surface area contributed by atoms with Gasteiger partial charge in [0.1, 0.15) is 5.75 Å². The highest BCUT2D eigenvalue weighted by molar-refractivity contribution is 5.96. The fourth-order valence-corrected chi connectivity index (χ4v) is 1.80. The zero-order valence-electron chi connectivity index (χ0n) is 10.2. The maximum atomic E-state index is 11.8. The molecule has 3 nitrogen and oxygen atoms in total. The molecule has 2 N–H and O–H groups in total. The fraction of sp³-hybridized carbons (Fsp3) is 0.133. The third-order valence-corrected chi connectivity index (χ3v) is 2.62. The highest BCUT2D eigenvalue weighted by atomic mass is 16.3. The van der Waals surface area contributed by atoms with Crippen LogP contribution in [0.5, 0.6) is 5.75 Å². The molecule has 0 saturated heterocycles. The van der Waals surface area contributed by atoms with E-state index in [9.17, 15) is 9.90 Å². The van der Waals surface area contributed by atoms with Gasteiger partial charge >= 0.3 is 0 Å². The van der Waals surface area contributed by atoms with E-state index in [1.54, 1.807) is 12.1 Å². The maximum Gasteiger partial charge on any atom is 0.251 e. The van der Waals surface area contributed by atoms with Crippen molar-refractivity contribution in [1.29, 1.82) is 0 Å². The summed E-state index contributed by atoms with van der Waals surface area (Å²) in [6, 6.07) is 14.6. The van der Waals surface area contributed by atoms with Gasteiger partial charge in [-0.05, 0) is 36.2 Å². The Balaban J connectivity index is 2.41. The van der Waals surface area contributed by atoms with E-state index >= 15 is 0 Å². The van der Waals surface area contributed by atoms with Crippen molar-refractivity contribution in [3.8, 4) is 16.9 Å². The molecule has 2 aromatic carbocycles. The average molecular weight is 241 g/mol. The van der Waals surface area contributed by atoms with E-state index in [-0.39, 0.29) is 11.7 Å². The second-order valence-corrected chi connectivity index (χ2v) is 3.99. The number of carbonyl (C=O) groups is 1. The number of hydrogen-bond donors (Lipinski definition) is 2. The SMILES string of the molecule is CCNC(=O)c1cc(O)cc(-c2ccccc2)c1. The highest BCUT2D eigenvalue weighted by Crippen LogP contribution is 2.25. The van der Waals surface area contributed by atoms with Crippen molar-refractivity contribution in [3.63, 3.8) is 0 Å². The first-order valence-electron chi connectivity index (χ1n) is 5.88. The molecule has 0 unspecified atom stereocenters. The van der Waals surface area contributed by atoms with E-state index in [2.05, 4.69) is 5.32 Å². The summed E-state index contributed by atoms with van der Waals surface area (Å²) in [5.41, 5.74) is 2.27. The number of rotatable bonds is 3. The topological polar surface area (TPSA) is 49.3 Å². The minimum atomic E-state index is -0.175. The predicted molar refractivity (Wildman–Crippen MR) is 71.6 cm³/mol. The van der Waals surface area contributed by atoms with Crippen molar-refractivity contribution < 1.29 is 9.90 Å². The lowest BCUT2D eigenvalue weighted by Gasteiger charge is -2.07. The third-order valence-electron chi connectivity index (χ3n) is 2.62. The molecule has 0 spiro atoms. The summed E-state index contributed by atoms with van der Waals surface area (Å²) in [6.45, 7) is 2.42. The van der Waals surface area contributed by atoms with E-state index in [1.807, 2.05) is 37.3 Å². The third kappa shape index (κ3) is 2.69. The Kier molecular flexibility index (Phi) is 3.63. The molecule has 2 rings (SSSR count). The van der Waals surface area contributed by atoms with Gasteiger partial charge in [0.25, 0.3) is 5.91 Å². The minimum absolute atomic E-state index is 0.0950. The molecule has 0 bridgehead atoms. The van der Waals surface area contributed by atoms with Gasteiger partial charge in [-0.3, -0.25) is 4.79 Å². The lowest BCUT2D eigenvalue weighted by Crippen LogP contribution is -2.22. The largest absolute Gasteiger partial charge is 0.508 e. The number of benzene rings is 2. The van der Waals surface area contributed by atoms with Gasteiger partial charge in [-0.1, -0.05) is 30.3 Å². The molecule has 3 heteroatoms. The van der Waals surface area contributed by atoms with Crippen LogP contribution < -0.4 is 5.32 Å². The predicted octanol–water partition coefficient (Wildman–Crippen LogP) is 2.81. The van der Waals surface area contributed by atoms with Crippen LogP contribution in [0.1, 0.15) is 17.3 Å². The van der Waals surface area contributed by atoms with Crippen molar-refractivity contribution in [1.82, 2.24) is 5.32 Å². The van der Waals surface area contributed by atoms with E-state index in [1.165, 1.54) is 6.07 Å². The summed E-state index contributed by atoms with van der Waals surface area (Å²) in [5.74, 6) is -0.0804. The standard InChI is InChI=1S/C15H15NO2/c1-2-16-15(18)13-8-12(9-14(17)10-13)11-6-4-3-5-7-11/h3-10,17H,2H2,1H3,(H,16,18). The van der Waals surface area contributed by atoms with Crippen LogP contribution in [0.2, 0.25) is 0 Å². The molecule has 0 aliphatic rings. The molecule has 0 saturated carbocycles. The first kappa shape index (κ1) is 12.2. The average Bonchev–Trinajstić information content (AvgIpc) is 2.39. The van der Waals surface area contributed by atoms with Gasteiger partial charge in [0.15, 0.2) is 0 Å². The number of amides is 1. The van der Waals surface area contributed by atoms with Crippen molar-refractivity contribution in [2.45, 2.75) is 6.92 Å². The number of hydrogen-bond acceptors (Lipinski definition) is 2. The van der Waals surface area contributed by atoms with Crippen molar-refractivity contribution >= 4 is 5.91 Å². The van der Waals surface area contributed by atoms with Crippen LogP contribution in [-0.4, -0.2) is 17.6 Å². The Bertz CT molecular complexity index is 550. The number of phenolic OH excluding ortho intramolecular Hbond substituents is 1. The van der Waals surface area contributed by atoms with Gasteiger partial charge in [0.05, 0.1) is 0 Å². The molecule has 0 aromatic heterocycles. The zero-order valence-corrected chi connectivity index (χ0v) is 10.2. The molecule has 18 heavy (non-hydrogen) atoms. The van der Waals surface area contributed by atoms with E-state index < -0.39 is 0 Å². The smallest absolute Gasteiger partial charge is 0.251 e. The van der Waals surface area contributed by atoms with Crippen LogP contribution in [-0.2, 0) is 0 Å². The van der Waals surface area contributed by atoms with E-state index in [4.69, 9.17) is 0 Å². The lowest BCUT2D eigenvalue weighted by atomic mass is 10.0. The Morgan fingerprint density at radius 1 is 1.11 bits per heavy atom. The molecule has 2 aromatic rings. The molecule has 0 radical (unpaired) electrons. The van der Waals surface area contributed by atoms with Crippen molar-refractivity contribution in [2.75, 3.05) is 6.54 Å². The van der Waals surface area contributed by atoms with Gasteiger partial charge in [0, 0.05) is 12.1 Å². The molecular weight excluding hydrogens is 226 g/mol. The Hall–Kier alpha value is -2.29. The van der Waals surface area contributed by atoms with Crippen LogP contribution in [0.25, 0.3) is 11.1 Å².